The van der Waals surface area contributed by atoms with Crippen LogP contribution in [0.1, 0.15) is 67.4 Å². The third-order valence-electron chi connectivity index (χ3n) is 5.28. The van der Waals surface area contributed by atoms with Gasteiger partial charge in [-0.2, -0.15) is 0 Å². The van der Waals surface area contributed by atoms with Gasteiger partial charge < -0.3 is 10.1 Å². The van der Waals surface area contributed by atoms with E-state index in [1.54, 1.807) is 13.0 Å². The number of hydrogen-bond acceptors (Lipinski definition) is 5. The highest BCUT2D eigenvalue weighted by atomic mass is 32.1. The number of thiophene rings is 1. The van der Waals surface area contributed by atoms with Crippen molar-refractivity contribution in [2.24, 2.45) is 11.8 Å². The maximum Gasteiger partial charge on any atom is 0.307 e. The van der Waals surface area contributed by atoms with E-state index in [-0.39, 0.29) is 30.6 Å². The summed E-state index contributed by atoms with van der Waals surface area (Å²) in [5.41, 5.74) is 0. The molecule has 0 aliphatic heterocycles. The first-order chi connectivity index (χ1) is 12.3. The van der Waals surface area contributed by atoms with Crippen LogP contribution in [0.3, 0.4) is 0 Å². The van der Waals surface area contributed by atoms with E-state index in [4.69, 9.17) is 4.74 Å². The molecule has 1 aromatic rings. The Balaban J connectivity index is 1.75. The highest BCUT2D eigenvalue weighted by Gasteiger charge is 2.30. The summed E-state index contributed by atoms with van der Waals surface area (Å²) in [6, 6.07) is 3.79. The van der Waals surface area contributed by atoms with Gasteiger partial charge in [0.05, 0.1) is 11.3 Å². The molecule has 1 heterocycles. The Hall–Kier alpha value is -1.69. The van der Waals surface area contributed by atoms with Crippen molar-refractivity contribution in [1.82, 2.24) is 5.32 Å². The molecular weight excluding hydrogens is 350 g/mol. The Bertz CT molecular complexity index is 654. The van der Waals surface area contributed by atoms with Crippen molar-refractivity contribution in [3.63, 3.8) is 0 Å². The summed E-state index contributed by atoms with van der Waals surface area (Å²) in [5.74, 6) is 0.160. The van der Waals surface area contributed by atoms with E-state index >= 15 is 0 Å². The standard InChI is InChI=1S/C20H29NO4S/c1-12-6-5-7-16(14(12)3)21-20(24)15(4)25-19(23)11-9-17(22)18-10-8-13(2)26-18/h8,10,12,14-16H,5-7,9,11H2,1-4H3,(H,21,24)/t12-,14-,15-,16-/m0/s1. The first-order valence-corrected chi connectivity index (χ1v) is 10.2. The van der Waals surface area contributed by atoms with Gasteiger partial charge in [-0.25, -0.2) is 0 Å². The number of carbonyl (C=O) groups excluding carboxylic acids is 3. The number of ether oxygens (including phenoxy) is 1. The fraction of sp³-hybridized carbons (Fsp3) is 0.650. The zero-order valence-electron chi connectivity index (χ0n) is 16.0. The van der Waals surface area contributed by atoms with Crippen LogP contribution in [0.25, 0.3) is 0 Å². The molecule has 0 unspecified atom stereocenters. The molecule has 5 nitrogen and oxygen atoms in total. The molecule has 1 aliphatic rings. The number of hydrogen-bond donors (Lipinski definition) is 1. The molecule has 144 valence electrons. The van der Waals surface area contributed by atoms with Crippen molar-refractivity contribution in [2.75, 3.05) is 0 Å². The SMILES string of the molecule is Cc1ccc(C(=O)CCC(=O)O[C@@H](C)C(=O)N[C@H]2CCC[C@H](C)[C@@H]2C)s1. The highest BCUT2D eigenvalue weighted by molar-refractivity contribution is 7.14. The predicted octanol–water partition coefficient (Wildman–Crippen LogP) is 3.89. The molecule has 0 bridgehead atoms. The van der Waals surface area contributed by atoms with Gasteiger partial charge >= 0.3 is 5.97 Å². The lowest BCUT2D eigenvalue weighted by Crippen LogP contribution is -2.47. The topological polar surface area (TPSA) is 72.5 Å². The van der Waals surface area contributed by atoms with Gasteiger partial charge in [-0.1, -0.05) is 26.7 Å². The summed E-state index contributed by atoms with van der Waals surface area (Å²) >= 11 is 1.42. The number of ketones is 1. The number of carbonyl (C=O) groups is 3. The van der Waals surface area contributed by atoms with Crippen molar-refractivity contribution in [3.05, 3.63) is 21.9 Å². The van der Waals surface area contributed by atoms with Crippen molar-refractivity contribution >= 4 is 29.0 Å². The summed E-state index contributed by atoms with van der Waals surface area (Å²) in [5, 5.41) is 3.02. The molecule has 0 aromatic carbocycles. The maximum atomic E-state index is 12.3. The van der Waals surface area contributed by atoms with Crippen LogP contribution in [0.15, 0.2) is 12.1 Å². The largest absolute Gasteiger partial charge is 0.453 e. The number of amides is 1. The molecule has 1 amide bonds. The lowest BCUT2D eigenvalue weighted by atomic mass is 9.78. The van der Waals surface area contributed by atoms with Gasteiger partial charge in [0.15, 0.2) is 11.9 Å². The Morgan fingerprint density at radius 2 is 1.96 bits per heavy atom. The Morgan fingerprint density at radius 3 is 2.62 bits per heavy atom. The first kappa shape index (κ1) is 20.6. The third-order valence-corrected chi connectivity index (χ3v) is 6.33. The lowest BCUT2D eigenvalue weighted by molar-refractivity contribution is -0.155. The van der Waals surface area contributed by atoms with E-state index < -0.39 is 12.1 Å². The van der Waals surface area contributed by atoms with Crippen LogP contribution in [0.5, 0.6) is 0 Å². The Morgan fingerprint density at radius 1 is 1.23 bits per heavy atom. The van der Waals surface area contributed by atoms with Crippen molar-refractivity contribution in [2.45, 2.75) is 71.9 Å². The van der Waals surface area contributed by atoms with Gasteiger partial charge in [-0.3, -0.25) is 14.4 Å². The maximum absolute atomic E-state index is 12.3. The number of aryl methyl sites for hydroxylation is 1. The number of esters is 1. The first-order valence-electron chi connectivity index (χ1n) is 9.37. The quantitative estimate of drug-likeness (QED) is 0.576. The van der Waals surface area contributed by atoms with Gasteiger partial charge in [0, 0.05) is 17.3 Å². The predicted molar refractivity (Wildman–Crippen MR) is 102 cm³/mol. The number of rotatable bonds is 7. The van der Waals surface area contributed by atoms with Gasteiger partial charge in [0.2, 0.25) is 0 Å². The van der Waals surface area contributed by atoms with Gasteiger partial charge in [0.25, 0.3) is 5.91 Å². The molecule has 2 rings (SSSR count). The lowest BCUT2D eigenvalue weighted by Gasteiger charge is -2.35. The average molecular weight is 380 g/mol. The average Bonchev–Trinajstić information content (AvgIpc) is 3.03. The summed E-state index contributed by atoms with van der Waals surface area (Å²) in [6.45, 7) is 7.88. The van der Waals surface area contributed by atoms with E-state index in [0.717, 1.165) is 17.7 Å². The van der Waals surface area contributed by atoms with Crippen LogP contribution in [0.2, 0.25) is 0 Å². The van der Waals surface area contributed by atoms with Crippen LogP contribution in [0, 0.1) is 18.8 Å². The van der Waals surface area contributed by atoms with E-state index in [1.807, 2.05) is 13.0 Å². The summed E-state index contributed by atoms with van der Waals surface area (Å²) in [7, 11) is 0. The molecule has 1 fully saturated rings. The number of nitrogens with one attached hydrogen (secondary N) is 1. The molecule has 26 heavy (non-hydrogen) atoms. The number of Topliss-reactive ketones (excluding diaryl/α,β-unsaturated/α-hetero) is 1. The van der Waals surface area contributed by atoms with E-state index in [0.29, 0.717) is 16.7 Å². The zero-order valence-corrected chi connectivity index (χ0v) is 16.9. The summed E-state index contributed by atoms with van der Waals surface area (Å²) in [4.78, 5) is 38.0. The second-order valence-electron chi connectivity index (χ2n) is 7.35. The second-order valence-corrected chi connectivity index (χ2v) is 8.64. The molecule has 6 heteroatoms. The van der Waals surface area contributed by atoms with E-state index in [2.05, 4.69) is 19.2 Å². The molecular formula is C20H29NO4S. The minimum absolute atomic E-state index is 0.00966. The molecule has 0 spiro atoms. The minimum atomic E-state index is -0.842. The minimum Gasteiger partial charge on any atom is -0.453 e. The van der Waals surface area contributed by atoms with Crippen molar-refractivity contribution < 1.29 is 19.1 Å². The molecule has 4 atom stereocenters. The third kappa shape index (κ3) is 5.66. The molecule has 1 saturated carbocycles. The van der Waals surface area contributed by atoms with Crippen LogP contribution in [-0.4, -0.2) is 29.8 Å². The van der Waals surface area contributed by atoms with E-state index in [1.165, 1.54) is 17.8 Å². The second kappa shape index (κ2) is 9.31. The fourth-order valence-corrected chi connectivity index (χ4v) is 4.15. The van der Waals surface area contributed by atoms with Crippen molar-refractivity contribution in [3.8, 4) is 0 Å². The molecule has 0 radical (unpaired) electrons. The van der Waals surface area contributed by atoms with Crippen LogP contribution >= 0.6 is 11.3 Å². The molecule has 1 N–H and O–H groups in total. The molecule has 1 aromatic heterocycles. The monoisotopic (exact) mass is 379 g/mol. The van der Waals surface area contributed by atoms with Crippen LogP contribution < -0.4 is 5.32 Å². The summed E-state index contributed by atoms with van der Waals surface area (Å²) in [6.07, 6.45) is 2.51. The smallest absolute Gasteiger partial charge is 0.307 e. The van der Waals surface area contributed by atoms with Gasteiger partial charge in [0.1, 0.15) is 0 Å². The fourth-order valence-electron chi connectivity index (χ4n) is 3.32. The van der Waals surface area contributed by atoms with Crippen molar-refractivity contribution in [1.29, 1.82) is 0 Å². The zero-order chi connectivity index (χ0) is 19.3. The van der Waals surface area contributed by atoms with Gasteiger partial charge in [-0.05, 0) is 44.2 Å². The molecule has 1 aliphatic carbocycles. The normalized spacial score (nSPS) is 23.9. The molecule has 0 saturated heterocycles. The van der Waals surface area contributed by atoms with Gasteiger partial charge in [-0.15, -0.1) is 11.3 Å². The Labute approximate surface area is 159 Å². The van der Waals surface area contributed by atoms with Crippen LogP contribution in [-0.2, 0) is 14.3 Å². The summed E-state index contributed by atoms with van der Waals surface area (Å²) < 4.78 is 5.21. The van der Waals surface area contributed by atoms with E-state index in [9.17, 15) is 14.4 Å². The van der Waals surface area contributed by atoms with Crippen LogP contribution in [0.4, 0.5) is 0 Å². The Kier molecular flexibility index (Phi) is 7.38. The highest BCUT2D eigenvalue weighted by Crippen LogP contribution is 2.29.